The highest BCUT2D eigenvalue weighted by molar-refractivity contribution is 5.82. The number of ether oxygens (including phenoxy) is 1. The lowest BCUT2D eigenvalue weighted by molar-refractivity contribution is -0.186. The minimum Gasteiger partial charge on any atom is -0.469 e. The Morgan fingerprint density at radius 1 is 1.20 bits per heavy atom. The van der Waals surface area contributed by atoms with Gasteiger partial charge in [0, 0.05) is 13.1 Å². The lowest BCUT2D eigenvalue weighted by Crippen LogP contribution is -2.41. The highest BCUT2D eigenvalue weighted by Crippen LogP contribution is 2.20. The molecule has 0 radical (unpaired) electrons. The maximum absolute atomic E-state index is 12.5. The molecule has 0 N–H and O–H groups in total. The van der Waals surface area contributed by atoms with Crippen molar-refractivity contribution >= 4 is 11.9 Å². The minimum absolute atomic E-state index is 0.212. The van der Waals surface area contributed by atoms with Crippen LogP contribution in [-0.4, -0.2) is 36.6 Å². The molecule has 1 rings (SSSR count). The summed E-state index contributed by atoms with van der Waals surface area (Å²) in [6.07, 6.45) is -5.25. The minimum atomic E-state index is -4.97. The first kappa shape index (κ1) is 16.0. The zero-order valence-electron chi connectivity index (χ0n) is 10.8. The van der Waals surface area contributed by atoms with Crippen molar-refractivity contribution < 1.29 is 27.5 Å². The average Bonchev–Trinajstić information content (AvgIpc) is 2.42. The third-order valence-corrected chi connectivity index (χ3v) is 2.56. The van der Waals surface area contributed by atoms with E-state index >= 15 is 0 Å². The molecule has 0 aliphatic rings. The molecule has 0 saturated carbocycles. The van der Waals surface area contributed by atoms with Crippen molar-refractivity contribution in [1.29, 1.82) is 0 Å². The summed E-state index contributed by atoms with van der Waals surface area (Å²) in [5.74, 6) is -2.64. The summed E-state index contributed by atoms with van der Waals surface area (Å²) in [5.41, 5.74) is 0.551. The van der Waals surface area contributed by atoms with Gasteiger partial charge in [0.1, 0.15) is 0 Å². The molecule has 0 saturated heterocycles. The van der Waals surface area contributed by atoms with Crippen LogP contribution < -0.4 is 0 Å². The number of nitrogens with zero attached hydrogens (tertiary/aromatic N) is 1. The normalized spacial score (nSPS) is 11.0. The van der Waals surface area contributed by atoms with E-state index < -0.39 is 18.1 Å². The summed E-state index contributed by atoms with van der Waals surface area (Å²) in [4.78, 5) is 22.9. The van der Waals surface area contributed by atoms with Crippen LogP contribution in [0.25, 0.3) is 0 Å². The van der Waals surface area contributed by atoms with Crippen molar-refractivity contribution in [3.63, 3.8) is 0 Å². The molecule has 7 heteroatoms. The molecule has 4 nitrogen and oxygen atoms in total. The van der Waals surface area contributed by atoms with Crippen molar-refractivity contribution in [2.45, 2.75) is 19.1 Å². The summed E-state index contributed by atoms with van der Waals surface area (Å²) in [5, 5.41) is 0. The molecule has 1 amide bonds. The lowest BCUT2D eigenvalue weighted by Gasteiger charge is -2.23. The summed E-state index contributed by atoms with van der Waals surface area (Å²) in [7, 11) is 1.13. The maximum Gasteiger partial charge on any atom is 0.471 e. The van der Waals surface area contributed by atoms with Gasteiger partial charge >= 0.3 is 18.1 Å². The van der Waals surface area contributed by atoms with Gasteiger partial charge in [-0.15, -0.1) is 0 Å². The van der Waals surface area contributed by atoms with E-state index in [1.807, 2.05) is 0 Å². The zero-order valence-corrected chi connectivity index (χ0v) is 10.8. The first-order valence-corrected chi connectivity index (χ1v) is 5.81. The van der Waals surface area contributed by atoms with Crippen LogP contribution in [0.1, 0.15) is 12.0 Å². The fraction of sp³-hybridized carbons (Fsp3) is 0.385. The van der Waals surface area contributed by atoms with E-state index in [9.17, 15) is 22.8 Å². The lowest BCUT2D eigenvalue weighted by atomic mass is 10.2. The third-order valence-electron chi connectivity index (χ3n) is 2.56. The summed E-state index contributed by atoms with van der Waals surface area (Å²) in [6, 6.07) is 8.25. The Kier molecular flexibility index (Phi) is 5.54. The molecule has 20 heavy (non-hydrogen) atoms. The predicted molar refractivity (Wildman–Crippen MR) is 64.5 cm³/mol. The number of alkyl halides is 3. The summed E-state index contributed by atoms with van der Waals surface area (Å²) >= 11 is 0. The van der Waals surface area contributed by atoms with E-state index in [0.29, 0.717) is 10.5 Å². The Balaban J connectivity index is 2.79. The van der Waals surface area contributed by atoms with Gasteiger partial charge in [-0.2, -0.15) is 13.2 Å². The Morgan fingerprint density at radius 3 is 2.30 bits per heavy atom. The van der Waals surface area contributed by atoms with Crippen LogP contribution in [0.2, 0.25) is 0 Å². The number of benzene rings is 1. The van der Waals surface area contributed by atoms with Crippen molar-refractivity contribution in [3.05, 3.63) is 35.9 Å². The van der Waals surface area contributed by atoms with Gasteiger partial charge in [0.05, 0.1) is 13.5 Å². The monoisotopic (exact) mass is 289 g/mol. The van der Waals surface area contributed by atoms with Gasteiger partial charge in [-0.25, -0.2) is 0 Å². The average molecular weight is 289 g/mol. The molecular formula is C13H14F3NO3. The highest BCUT2D eigenvalue weighted by Gasteiger charge is 2.42. The fourth-order valence-electron chi connectivity index (χ4n) is 1.56. The number of amides is 1. The van der Waals surface area contributed by atoms with Crippen LogP contribution in [0, 0.1) is 0 Å². The van der Waals surface area contributed by atoms with Crippen molar-refractivity contribution in [2.75, 3.05) is 13.7 Å². The summed E-state index contributed by atoms with van der Waals surface area (Å²) in [6.45, 7) is -0.559. The molecule has 0 aliphatic heterocycles. The van der Waals surface area contributed by atoms with E-state index in [2.05, 4.69) is 4.74 Å². The van der Waals surface area contributed by atoms with Crippen LogP contribution in [0.4, 0.5) is 13.2 Å². The molecule has 0 unspecified atom stereocenters. The predicted octanol–water partition coefficient (Wildman–Crippen LogP) is 2.14. The first-order chi connectivity index (χ1) is 9.34. The SMILES string of the molecule is COC(=O)CCN(Cc1ccccc1)C(=O)C(F)(F)F. The molecule has 0 aliphatic carbocycles. The molecule has 1 aromatic carbocycles. The Bertz CT molecular complexity index is 460. The topological polar surface area (TPSA) is 46.6 Å². The third kappa shape index (κ3) is 4.91. The molecule has 0 heterocycles. The molecule has 0 bridgehead atoms. The van der Waals surface area contributed by atoms with E-state index in [1.54, 1.807) is 30.3 Å². The van der Waals surface area contributed by atoms with Gasteiger partial charge < -0.3 is 9.64 Å². The zero-order chi connectivity index (χ0) is 15.2. The number of hydrogen-bond donors (Lipinski definition) is 0. The number of carbonyl (C=O) groups excluding carboxylic acids is 2. The molecule has 110 valence electrons. The van der Waals surface area contributed by atoms with E-state index in [4.69, 9.17) is 0 Å². The molecular weight excluding hydrogens is 275 g/mol. The first-order valence-electron chi connectivity index (χ1n) is 5.81. The quantitative estimate of drug-likeness (QED) is 0.780. The van der Waals surface area contributed by atoms with Crippen LogP contribution in [0.5, 0.6) is 0 Å². The fourth-order valence-corrected chi connectivity index (χ4v) is 1.56. The molecule has 0 atom stereocenters. The number of rotatable bonds is 5. The van der Waals surface area contributed by atoms with Crippen molar-refractivity contribution in [3.8, 4) is 0 Å². The number of halogens is 3. The van der Waals surface area contributed by atoms with Crippen LogP contribution >= 0.6 is 0 Å². The molecule has 1 aromatic rings. The Hall–Kier alpha value is -2.05. The van der Waals surface area contributed by atoms with Crippen molar-refractivity contribution in [2.24, 2.45) is 0 Å². The second-order valence-electron chi connectivity index (χ2n) is 4.04. The van der Waals surface area contributed by atoms with Gasteiger partial charge in [0.15, 0.2) is 0 Å². The summed E-state index contributed by atoms with van der Waals surface area (Å²) < 4.78 is 41.9. The number of methoxy groups -OCH3 is 1. The molecule has 0 fully saturated rings. The van der Waals surface area contributed by atoms with Gasteiger partial charge in [-0.1, -0.05) is 30.3 Å². The van der Waals surface area contributed by atoms with Crippen LogP contribution in [0.3, 0.4) is 0 Å². The standard InChI is InChI=1S/C13H14F3NO3/c1-20-11(18)7-8-17(12(19)13(14,15)16)9-10-5-3-2-4-6-10/h2-6H,7-9H2,1H3. The van der Waals surface area contributed by atoms with Gasteiger partial charge in [-0.3, -0.25) is 9.59 Å². The van der Waals surface area contributed by atoms with E-state index in [-0.39, 0.29) is 19.5 Å². The second kappa shape index (κ2) is 6.93. The molecule has 0 aromatic heterocycles. The number of hydrogen-bond acceptors (Lipinski definition) is 3. The molecule has 0 spiro atoms. The second-order valence-corrected chi connectivity index (χ2v) is 4.04. The largest absolute Gasteiger partial charge is 0.471 e. The van der Waals surface area contributed by atoms with Gasteiger partial charge in [0.25, 0.3) is 0 Å². The Labute approximate surface area is 114 Å². The number of esters is 1. The van der Waals surface area contributed by atoms with E-state index in [1.165, 1.54) is 0 Å². The van der Waals surface area contributed by atoms with Crippen molar-refractivity contribution in [1.82, 2.24) is 4.90 Å². The van der Waals surface area contributed by atoms with Gasteiger partial charge in [-0.05, 0) is 5.56 Å². The van der Waals surface area contributed by atoms with Crippen LogP contribution in [-0.2, 0) is 20.9 Å². The van der Waals surface area contributed by atoms with Crippen LogP contribution in [0.15, 0.2) is 30.3 Å². The maximum atomic E-state index is 12.5. The van der Waals surface area contributed by atoms with Gasteiger partial charge in [0.2, 0.25) is 0 Å². The van der Waals surface area contributed by atoms with E-state index in [0.717, 1.165) is 7.11 Å². The number of carbonyl (C=O) groups is 2. The highest BCUT2D eigenvalue weighted by atomic mass is 19.4. The Morgan fingerprint density at radius 2 is 1.80 bits per heavy atom. The smallest absolute Gasteiger partial charge is 0.469 e.